The van der Waals surface area contributed by atoms with Crippen molar-refractivity contribution in [3.05, 3.63) is 0 Å². The third-order valence-corrected chi connectivity index (χ3v) is 2.69. The minimum Gasteiger partial charge on any atom is -0.335 e. The van der Waals surface area contributed by atoms with Gasteiger partial charge in [0.15, 0.2) is 5.78 Å². The van der Waals surface area contributed by atoms with Crippen LogP contribution in [-0.2, 0) is 9.59 Å². The van der Waals surface area contributed by atoms with Gasteiger partial charge in [-0.05, 0) is 12.8 Å². The molecule has 0 aromatic heterocycles. The topological polar surface area (TPSA) is 37.4 Å². The molecule has 1 aliphatic heterocycles. The Labute approximate surface area is 86.6 Å². The Morgan fingerprint density at radius 2 is 2.00 bits per heavy atom. The summed E-state index contributed by atoms with van der Waals surface area (Å²) in [6, 6.07) is 0. The number of carbonyl (C=O) groups excluding carboxylic acids is 2. The molecule has 3 nitrogen and oxygen atoms in total. The highest BCUT2D eigenvalue weighted by Gasteiger charge is 2.26. The van der Waals surface area contributed by atoms with Gasteiger partial charge in [0.25, 0.3) is 0 Å². The molecule has 0 aromatic carbocycles. The monoisotopic (exact) mass is 247 g/mol. The van der Waals surface area contributed by atoms with Crippen LogP contribution in [0.3, 0.4) is 0 Å². The first-order valence-corrected chi connectivity index (χ1v) is 5.71. The number of carbonyl (C=O) groups is 2. The lowest BCUT2D eigenvalue weighted by molar-refractivity contribution is -0.127. The third kappa shape index (κ3) is 3.46. The van der Waals surface area contributed by atoms with Crippen molar-refractivity contribution in [3.8, 4) is 0 Å². The van der Waals surface area contributed by atoms with Gasteiger partial charge in [-0.25, -0.2) is 0 Å². The molecule has 0 atom stereocenters. The highest BCUT2D eigenvalue weighted by molar-refractivity contribution is 9.09. The molecule has 0 aromatic rings. The third-order valence-electron chi connectivity index (χ3n) is 2.13. The maximum Gasteiger partial charge on any atom is 0.230 e. The number of ketones is 1. The number of likely N-dealkylation sites (tertiary alicyclic amines) is 1. The first-order valence-electron chi connectivity index (χ1n) is 4.59. The molecule has 1 aliphatic rings. The van der Waals surface area contributed by atoms with Crippen molar-refractivity contribution >= 4 is 27.6 Å². The molecule has 13 heavy (non-hydrogen) atoms. The molecule has 4 heteroatoms. The number of Topliss-reactive ketones (excluding diaryl/α,β-unsaturated/α-hetero) is 1. The van der Waals surface area contributed by atoms with Crippen molar-refractivity contribution in [1.29, 1.82) is 0 Å². The number of alkyl halides is 1. The largest absolute Gasteiger partial charge is 0.335 e. The molecule has 0 saturated carbocycles. The van der Waals surface area contributed by atoms with E-state index in [-0.39, 0.29) is 18.1 Å². The van der Waals surface area contributed by atoms with Gasteiger partial charge in [-0.3, -0.25) is 9.59 Å². The molecule has 1 amide bonds. The second-order valence-corrected chi connectivity index (χ2v) is 4.07. The maximum absolute atomic E-state index is 11.1. The predicted octanol–water partition coefficient (Wildman–Crippen LogP) is 1.35. The van der Waals surface area contributed by atoms with Gasteiger partial charge >= 0.3 is 0 Å². The zero-order chi connectivity index (χ0) is 9.68. The molecular formula is C9H14BrNO2. The second kappa shape index (κ2) is 5.37. The standard InChI is InChI=1S/C9H14BrNO2/c10-4-2-1-3-5-11-7-8(12)6-9(11)13/h1-7H2. The fourth-order valence-electron chi connectivity index (χ4n) is 1.42. The highest BCUT2D eigenvalue weighted by Crippen LogP contribution is 2.08. The Kier molecular flexibility index (Phi) is 4.42. The van der Waals surface area contributed by atoms with Gasteiger partial charge in [0, 0.05) is 11.9 Å². The summed E-state index contributed by atoms with van der Waals surface area (Å²) in [5.74, 6) is 0.0642. The van der Waals surface area contributed by atoms with E-state index in [1.807, 2.05) is 0 Å². The van der Waals surface area contributed by atoms with E-state index in [9.17, 15) is 9.59 Å². The van der Waals surface area contributed by atoms with Gasteiger partial charge in [0.1, 0.15) is 0 Å². The van der Waals surface area contributed by atoms with E-state index >= 15 is 0 Å². The van der Waals surface area contributed by atoms with E-state index in [0.717, 1.165) is 31.1 Å². The maximum atomic E-state index is 11.1. The van der Waals surface area contributed by atoms with Crippen LogP contribution in [-0.4, -0.2) is 35.0 Å². The normalized spacial score (nSPS) is 17.2. The Bertz CT molecular complexity index is 206. The van der Waals surface area contributed by atoms with Crippen LogP contribution < -0.4 is 0 Å². The summed E-state index contributed by atoms with van der Waals surface area (Å²) in [4.78, 5) is 23.7. The minimum atomic E-state index is 0.00356. The van der Waals surface area contributed by atoms with Crippen LogP contribution in [0.1, 0.15) is 25.7 Å². The van der Waals surface area contributed by atoms with Crippen molar-refractivity contribution in [2.75, 3.05) is 18.4 Å². The fourth-order valence-corrected chi connectivity index (χ4v) is 1.81. The van der Waals surface area contributed by atoms with Gasteiger partial charge in [0.2, 0.25) is 5.91 Å². The van der Waals surface area contributed by atoms with Gasteiger partial charge in [-0.2, -0.15) is 0 Å². The van der Waals surface area contributed by atoms with Gasteiger partial charge in [-0.1, -0.05) is 22.4 Å². The van der Waals surface area contributed by atoms with E-state index in [0.29, 0.717) is 6.54 Å². The number of nitrogens with zero attached hydrogens (tertiary/aromatic N) is 1. The van der Waals surface area contributed by atoms with E-state index < -0.39 is 0 Å². The molecule has 0 unspecified atom stereocenters. The molecule has 0 bridgehead atoms. The average molecular weight is 248 g/mol. The molecule has 1 fully saturated rings. The first kappa shape index (κ1) is 10.7. The summed E-state index contributed by atoms with van der Waals surface area (Å²) >= 11 is 3.35. The van der Waals surface area contributed by atoms with Crippen LogP contribution >= 0.6 is 15.9 Å². The summed E-state index contributed by atoms with van der Waals surface area (Å²) < 4.78 is 0. The van der Waals surface area contributed by atoms with Crippen molar-refractivity contribution in [3.63, 3.8) is 0 Å². The van der Waals surface area contributed by atoms with Crippen LogP contribution in [0.15, 0.2) is 0 Å². The fraction of sp³-hybridized carbons (Fsp3) is 0.778. The van der Waals surface area contributed by atoms with Gasteiger partial charge in [-0.15, -0.1) is 0 Å². The number of unbranched alkanes of at least 4 members (excludes halogenated alkanes) is 2. The zero-order valence-electron chi connectivity index (χ0n) is 7.59. The summed E-state index contributed by atoms with van der Waals surface area (Å²) in [5, 5.41) is 1.01. The van der Waals surface area contributed by atoms with Crippen LogP contribution in [0, 0.1) is 0 Å². The summed E-state index contributed by atoms with van der Waals surface area (Å²) in [6.45, 7) is 1.09. The summed E-state index contributed by atoms with van der Waals surface area (Å²) in [7, 11) is 0. The number of hydrogen-bond acceptors (Lipinski definition) is 2. The predicted molar refractivity (Wildman–Crippen MR) is 53.8 cm³/mol. The number of hydrogen-bond donors (Lipinski definition) is 0. The van der Waals surface area contributed by atoms with Crippen molar-refractivity contribution in [1.82, 2.24) is 4.90 Å². The Morgan fingerprint density at radius 1 is 1.23 bits per heavy atom. The van der Waals surface area contributed by atoms with Crippen LogP contribution in [0.25, 0.3) is 0 Å². The average Bonchev–Trinajstić information content (AvgIpc) is 2.39. The summed E-state index contributed by atoms with van der Waals surface area (Å²) in [5.41, 5.74) is 0. The quantitative estimate of drug-likeness (QED) is 0.418. The van der Waals surface area contributed by atoms with E-state index in [4.69, 9.17) is 0 Å². The molecule has 0 radical (unpaired) electrons. The molecule has 0 N–H and O–H groups in total. The van der Waals surface area contributed by atoms with Crippen LogP contribution in [0.5, 0.6) is 0 Å². The molecule has 1 saturated heterocycles. The molecule has 0 spiro atoms. The first-order chi connectivity index (χ1) is 6.24. The zero-order valence-corrected chi connectivity index (χ0v) is 9.18. The summed E-state index contributed by atoms with van der Waals surface area (Å²) in [6.07, 6.45) is 3.38. The highest BCUT2D eigenvalue weighted by atomic mass is 79.9. The van der Waals surface area contributed by atoms with Crippen LogP contribution in [0.2, 0.25) is 0 Å². The van der Waals surface area contributed by atoms with E-state index in [2.05, 4.69) is 15.9 Å². The lowest BCUT2D eigenvalue weighted by Gasteiger charge is -2.13. The Hall–Kier alpha value is -0.380. The van der Waals surface area contributed by atoms with Gasteiger partial charge in [0.05, 0.1) is 13.0 Å². The Morgan fingerprint density at radius 3 is 2.54 bits per heavy atom. The Balaban J connectivity index is 2.14. The molecular weight excluding hydrogens is 234 g/mol. The van der Waals surface area contributed by atoms with E-state index in [1.54, 1.807) is 4.90 Å². The number of halogens is 1. The molecule has 0 aliphatic carbocycles. The SMILES string of the molecule is O=C1CC(=O)N(CCCCCBr)C1. The number of rotatable bonds is 5. The lowest BCUT2D eigenvalue weighted by Crippen LogP contribution is -2.26. The van der Waals surface area contributed by atoms with Gasteiger partial charge < -0.3 is 4.90 Å². The van der Waals surface area contributed by atoms with Crippen molar-refractivity contribution in [2.24, 2.45) is 0 Å². The molecule has 1 rings (SSSR count). The smallest absolute Gasteiger partial charge is 0.230 e. The second-order valence-electron chi connectivity index (χ2n) is 3.28. The lowest BCUT2D eigenvalue weighted by atomic mass is 10.2. The number of amides is 1. The molecule has 1 heterocycles. The molecule has 74 valence electrons. The van der Waals surface area contributed by atoms with Crippen molar-refractivity contribution in [2.45, 2.75) is 25.7 Å². The van der Waals surface area contributed by atoms with Crippen molar-refractivity contribution < 1.29 is 9.59 Å². The minimum absolute atomic E-state index is 0.00356. The van der Waals surface area contributed by atoms with E-state index in [1.165, 1.54) is 0 Å². The van der Waals surface area contributed by atoms with Crippen LogP contribution in [0.4, 0.5) is 0 Å².